The van der Waals surface area contributed by atoms with Crippen LogP contribution in [0.3, 0.4) is 0 Å². The first-order chi connectivity index (χ1) is 14.8. The predicted molar refractivity (Wildman–Crippen MR) is 127 cm³/mol. The summed E-state index contributed by atoms with van der Waals surface area (Å²) in [4.78, 5) is 0. The lowest BCUT2D eigenvalue weighted by Gasteiger charge is -2.14. The summed E-state index contributed by atoms with van der Waals surface area (Å²) in [6.45, 7) is 2.81. The lowest BCUT2D eigenvalue weighted by atomic mass is 10.2. The summed E-state index contributed by atoms with van der Waals surface area (Å²) in [7, 11) is 0. The molecular formula is C24H30Br2O4. The van der Waals surface area contributed by atoms with Gasteiger partial charge in [-0.2, -0.15) is 0 Å². The minimum absolute atomic E-state index is 0.702. The first-order valence-electron chi connectivity index (χ1n) is 10.8. The molecule has 0 unspecified atom stereocenters. The molecule has 2 aromatic carbocycles. The predicted octanol–water partition coefficient (Wildman–Crippen LogP) is 7.56. The average molecular weight is 542 g/mol. The number of hydrogen-bond donors (Lipinski definition) is 0. The van der Waals surface area contributed by atoms with Gasteiger partial charge in [-0.25, -0.2) is 0 Å². The molecule has 1 aliphatic heterocycles. The summed E-state index contributed by atoms with van der Waals surface area (Å²) in [5.74, 6) is 3.39. The van der Waals surface area contributed by atoms with E-state index < -0.39 is 0 Å². The summed E-state index contributed by atoms with van der Waals surface area (Å²) in [6, 6.07) is 11.9. The van der Waals surface area contributed by atoms with Crippen molar-refractivity contribution in [2.75, 3.05) is 26.4 Å². The molecule has 0 radical (unpaired) electrons. The highest BCUT2D eigenvalue weighted by atomic mass is 79.9. The van der Waals surface area contributed by atoms with Crippen molar-refractivity contribution < 1.29 is 18.9 Å². The van der Waals surface area contributed by atoms with Crippen molar-refractivity contribution in [2.45, 2.75) is 51.4 Å². The van der Waals surface area contributed by atoms with Crippen molar-refractivity contribution in [2.24, 2.45) is 0 Å². The Morgan fingerprint density at radius 1 is 0.433 bits per heavy atom. The molecule has 0 aliphatic carbocycles. The second-order valence-corrected chi connectivity index (χ2v) is 8.94. The number of hydrogen-bond acceptors (Lipinski definition) is 4. The van der Waals surface area contributed by atoms with E-state index in [0.717, 1.165) is 83.3 Å². The van der Waals surface area contributed by atoms with Crippen LogP contribution in [0.1, 0.15) is 51.4 Å². The second-order valence-electron chi connectivity index (χ2n) is 7.36. The van der Waals surface area contributed by atoms with Gasteiger partial charge in [0.1, 0.15) is 31.9 Å². The van der Waals surface area contributed by atoms with Crippen LogP contribution in [0.4, 0.5) is 0 Å². The van der Waals surface area contributed by atoms with Crippen molar-refractivity contribution in [1.29, 1.82) is 0 Å². The molecule has 0 N–H and O–H groups in total. The minimum atomic E-state index is 0.702. The van der Waals surface area contributed by atoms with Gasteiger partial charge in [0.05, 0.1) is 26.4 Å². The minimum Gasteiger partial charge on any atom is -0.492 e. The van der Waals surface area contributed by atoms with Crippen LogP contribution < -0.4 is 18.9 Å². The molecule has 30 heavy (non-hydrogen) atoms. The van der Waals surface area contributed by atoms with Gasteiger partial charge in [0, 0.05) is 0 Å². The molecule has 1 aliphatic rings. The van der Waals surface area contributed by atoms with Gasteiger partial charge in [0.25, 0.3) is 0 Å². The molecule has 4 bridgehead atoms. The third kappa shape index (κ3) is 7.38. The molecular weight excluding hydrogens is 512 g/mol. The maximum absolute atomic E-state index is 5.96. The molecule has 0 saturated heterocycles. The number of halogens is 2. The van der Waals surface area contributed by atoms with E-state index in [0.29, 0.717) is 26.4 Å². The summed E-state index contributed by atoms with van der Waals surface area (Å²) < 4.78 is 25.6. The van der Waals surface area contributed by atoms with Crippen LogP contribution in [0.25, 0.3) is 0 Å². The van der Waals surface area contributed by atoms with Gasteiger partial charge in [-0.15, -0.1) is 0 Å². The third-order valence-electron chi connectivity index (χ3n) is 4.96. The first kappa shape index (κ1) is 23.3. The maximum atomic E-state index is 5.96. The Bertz CT molecular complexity index is 660. The van der Waals surface area contributed by atoms with Gasteiger partial charge in [0.2, 0.25) is 0 Å². The zero-order valence-corrected chi connectivity index (χ0v) is 20.5. The van der Waals surface area contributed by atoms with Crippen LogP contribution in [0.2, 0.25) is 0 Å². The van der Waals surface area contributed by atoms with E-state index in [4.69, 9.17) is 18.9 Å². The van der Waals surface area contributed by atoms with Gasteiger partial charge in [-0.05, 0) is 107 Å². The SMILES string of the molecule is Brc1c2cccc1OCCCCCCOc1cccc(c1Br)OCCCCCCO2. The quantitative estimate of drug-likeness (QED) is 0.345. The number of rotatable bonds is 0. The van der Waals surface area contributed by atoms with E-state index in [-0.39, 0.29) is 0 Å². The van der Waals surface area contributed by atoms with Gasteiger partial charge in [0.15, 0.2) is 0 Å². The molecule has 0 atom stereocenters. The van der Waals surface area contributed by atoms with Crippen molar-refractivity contribution in [3.63, 3.8) is 0 Å². The Labute approximate surface area is 196 Å². The Hall–Kier alpha value is -1.40. The monoisotopic (exact) mass is 540 g/mol. The normalized spacial score (nSPS) is 17.1. The lowest BCUT2D eigenvalue weighted by molar-refractivity contribution is 0.271. The summed E-state index contributed by atoms with van der Waals surface area (Å²) in [5.41, 5.74) is 0. The number of ether oxygens (including phenoxy) is 4. The summed E-state index contributed by atoms with van der Waals surface area (Å²) >= 11 is 7.26. The van der Waals surface area contributed by atoms with Crippen molar-refractivity contribution in [3.8, 4) is 23.0 Å². The third-order valence-corrected chi connectivity index (χ3v) is 6.53. The molecule has 1 heterocycles. The van der Waals surface area contributed by atoms with Crippen molar-refractivity contribution in [1.82, 2.24) is 0 Å². The molecule has 2 aromatic rings. The summed E-state index contributed by atoms with van der Waals surface area (Å²) in [6.07, 6.45) is 8.52. The molecule has 0 spiro atoms. The van der Waals surface area contributed by atoms with Crippen molar-refractivity contribution >= 4 is 31.9 Å². The fourth-order valence-corrected chi connectivity index (χ4v) is 4.26. The van der Waals surface area contributed by atoms with Crippen LogP contribution in [0.15, 0.2) is 45.3 Å². The zero-order chi connectivity index (χ0) is 21.0. The number of benzene rings is 2. The molecule has 0 fully saturated rings. The lowest BCUT2D eigenvalue weighted by Crippen LogP contribution is -2.03. The maximum Gasteiger partial charge on any atom is 0.137 e. The van der Waals surface area contributed by atoms with E-state index in [1.54, 1.807) is 0 Å². The average Bonchev–Trinajstić information content (AvgIpc) is 2.75. The summed E-state index contributed by atoms with van der Waals surface area (Å²) in [5, 5.41) is 0. The van der Waals surface area contributed by atoms with Crippen LogP contribution in [0, 0.1) is 0 Å². The highest BCUT2D eigenvalue weighted by Gasteiger charge is 2.10. The second kappa shape index (κ2) is 13.1. The molecule has 0 aromatic heterocycles. The van der Waals surface area contributed by atoms with Crippen LogP contribution in [-0.2, 0) is 0 Å². The van der Waals surface area contributed by atoms with Gasteiger partial charge in [-0.1, -0.05) is 12.1 Å². The van der Waals surface area contributed by atoms with E-state index in [1.807, 2.05) is 36.4 Å². The Balaban J connectivity index is 1.55. The Kier molecular flexibility index (Phi) is 10.2. The van der Waals surface area contributed by atoms with Crippen LogP contribution in [-0.4, -0.2) is 26.4 Å². The first-order valence-corrected chi connectivity index (χ1v) is 12.4. The van der Waals surface area contributed by atoms with E-state index >= 15 is 0 Å². The largest absolute Gasteiger partial charge is 0.492 e. The molecule has 164 valence electrons. The van der Waals surface area contributed by atoms with Crippen LogP contribution >= 0.6 is 31.9 Å². The van der Waals surface area contributed by atoms with Gasteiger partial charge >= 0.3 is 0 Å². The Morgan fingerprint density at radius 3 is 0.967 bits per heavy atom. The van der Waals surface area contributed by atoms with E-state index in [1.165, 1.54) is 0 Å². The highest BCUT2D eigenvalue weighted by molar-refractivity contribution is 9.11. The molecule has 6 heteroatoms. The van der Waals surface area contributed by atoms with E-state index in [2.05, 4.69) is 31.9 Å². The standard InChI is InChI=1S/C24H30Br2O4/c25-23-19-11-9-13-21(23)29-17-7-3-4-8-18-30-22-14-10-12-20(24(22)26)28-16-6-2-1-5-15-27-19/h9-14H,1-8,15-18H2. The molecule has 0 saturated carbocycles. The Morgan fingerprint density at radius 2 is 0.700 bits per heavy atom. The van der Waals surface area contributed by atoms with Crippen molar-refractivity contribution in [3.05, 3.63) is 45.3 Å². The van der Waals surface area contributed by atoms with Gasteiger partial charge < -0.3 is 18.9 Å². The fraction of sp³-hybridized carbons (Fsp3) is 0.500. The smallest absolute Gasteiger partial charge is 0.137 e. The highest BCUT2D eigenvalue weighted by Crippen LogP contribution is 2.35. The van der Waals surface area contributed by atoms with Crippen LogP contribution in [0.5, 0.6) is 23.0 Å². The number of fused-ring (bicyclic) bond motifs is 4. The molecule has 4 nitrogen and oxygen atoms in total. The molecule has 0 amide bonds. The van der Waals surface area contributed by atoms with Gasteiger partial charge in [-0.3, -0.25) is 0 Å². The fourth-order valence-electron chi connectivity index (χ4n) is 3.27. The zero-order valence-electron chi connectivity index (χ0n) is 17.3. The molecule has 3 rings (SSSR count). The van der Waals surface area contributed by atoms with E-state index in [9.17, 15) is 0 Å². The topological polar surface area (TPSA) is 36.9 Å².